The number of benzene rings is 1. The van der Waals surface area contributed by atoms with E-state index in [1.807, 2.05) is 47.8 Å². The first-order valence-electron chi connectivity index (χ1n) is 10.4. The van der Waals surface area contributed by atoms with E-state index in [4.69, 9.17) is 0 Å². The summed E-state index contributed by atoms with van der Waals surface area (Å²) in [4.78, 5) is 35.9. The standard InChI is InChI=1S/C23H25N5O2S/c29-20(27-21(23-25-12-15-31-23)17-6-2-1-3-7-17)16-28-13-9-18(10-14-28)22(30)26-19-8-4-5-11-24-19/h1-8,11-12,15,18,21H,9-10,13-14,16H2,(H,27,29)(H,24,26,30). The molecule has 7 nitrogen and oxygen atoms in total. The monoisotopic (exact) mass is 435 g/mol. The van der Waals surface area contributed by atoms with Crippen molar-refractivity contribution in [1.82, 2.24) is 20.2 Å². The van der Waals surface area contributed by atoms with E-state index >= 15 is 0 Å². The molecule has 2 amide bonds. The summed E-state index contributed by atoms with van der Waals surface area (Å²) in [5, 5.41) is 8.78. The number of hydrogen-bond donors (Lipinski definition) is 2. The summed E-state index contributed by atoms with van der Waals surface area (Å²) in [7, 11) is 0. The molecule has 0 spiro atoms. The lowest BCUT2D eigenvalue weighted by molar-refractivity contribution is -0.123. The Morgan fingerprint density at radius 3 is 2.48 bits per heavy atom. The van der Waals surface area contributed by atoms with Gasteiger partial charge in [0.2, 0.25) is 11.8 Å². The second-order valence-electron chi connectivity index (χ2n) is 7.54. The average molecular weight is 436 g/mol. The van der Waals surface area contributed by atoms with E-state index in [0.29, 0.717) is 25.5 Å². The molecule has 2 N–H and O–H groups in total. The van der Waals surface area contributed by atoms with E-state index in [1.165, 1.54) is 11.3 Å². The van der Waals surface area contributed by atoms with Gasteiger partial charge in [0.15, 0.2) is 0 Å². The molecule has 1 unspecified atom stereocenters. The Morgan fingerprint density at radius 1 is 1.03 bits per heavy atom. The van der Waals surface area contributed by atoms with Crippen LogP contribution in [-0.4, -0.2) is 46.3 Å². The number of anilines is 1. The van der Waals surface area contributed by atoms with Gasteiger partial charge >= 0.3 is 0 Å². The summed E-state index contributed by atoms with van der Waals surface area (Å²) in [6.45, 7) is 1.73. The van der Waals surface area contributed by atoms with Crippen molar-refractivity contribution in [2.75, 3.05) is 25.0 Å². The van der Waals surface area contributed by atoms with Gasteiger partial charge in [0.1, 0.15) is 16.9 Å². The zero-order valence-corrected chi connectivity index (χ0v) is 17.9. The Labute approximate surface area is 185 Å². The lowest BCUT2D eigenvalue weighted by atomic mass is 9.96. The molecule has 1 atom stereocenters. The third-order valence-electron chi connectivity index (χ3n) is 5.38. The molecule has 8 heteroatoms. The summed E-state index contributed by atoms with van der Waals surface area (Å²) >= 11 is 1.53. The number of nitrogens with one attached hydrogen (secondary N) is 2. The molecule has 0 radical (unpaired) electrons. The number of rotatable bonds is 7. The number of piperidine rings is 1. The summed E-state index contributed by atoms with van der Waals surface area (Å²) in [5.41, 5.74) is 1.01. The van der Waals surface area contributed by atoms with Crippen molar-refractivity contribution in [2.24, 2.45) is 5.92 Å². The number of carbonyl (C=O) groups is 2. The highest BCUT2D eigenvalue weighted by molar-refractivity contribution is 7.09. The van der Waals surface area contributed by atoms with Crippen LogP contribution in [0.2, 0.25) is 0 Å². The number of hydrogen-bond acceptors (Lipinski definition) is 6. The van der Waals surface area contributed by atoms with Gasteiger partial charge in [-0.25, -0.2) is 9.97 Å². The highest BCUT2D eigenvalue weighted by Gasteiger charge is 2.27. The number of pyridine rings is 1. The molecule has 0 aliphatic carbocycles. The molecule has 1 saturated heterocycles. The minimum Gasteiger partial charge on any atom is -0.342 e. The van der Waals surface area contributed by atoms with E-state index in [2.05, 4.69) is 25.5 Å². The number of amides is 2. The van der Waals surface area contributed by atoms with Crippen molar-refractivity contribution >= 4 is 29.0 Å². The largest absolute Gasteiger partial charge is 0.342 e. The van der Waals surface area contributed by atoms with E-state index in [-0.39, 0.29) is 23.8 Å². The van der Waals surface area contributed by atoms with Crippen LogP contribution < -0.4 is 10.6 Å². The third-order valence-corrected chi connectivity index (χ3v) is 6.22. The van der Waals surface area contributed by atoms with Crippen molar-refractivity contribution in [3.63, 3.8) is 0 Å². The van der Waals surface area contributed by atoms with Gasteiger partial charge < -0.3 is 10.6 Å². The second kappa shape index (κ2) is 10.3. The molecule has 4 rings (SSSR count). The topological polar surface area (TPSA) is 87.2 Å². The Bertz CT molecular complexity index is 974. The summed E-state index contributed by atoms with van der Waals surface area (Å²) in [6, 6.07) is 15.1. The van der Waals surface area contributed by atoms with Crippen molar-refractivity contribution in [3.05, 3.63) is 76.9 Å². The average Bonchev–Trinajstić information content (AvgIpc) is 3.34. The lowest BCUT2D eigenvalue weighted by Crippen LogP contribution is -2.44. The first kappa shape index (κ1) is 21.1. The molecule has 3 heterocycles. The van der Waals surface area contributed by atoms with E-state index in [1.54, 1.807) is 18.5 Å². The van der Waals surface area contributed by atoms with E-state index in [9.17, 15) is 9.59 Å². The van der Waals surface area contributed by atoms with Crippen LogP contribution in [0.15, 0.2) is 66.3 Å². The molecule has 3 aromatic rings. The predicted octanol–water partition coefficient (Wildman–Crippen LogP) is 3.09. The maximum atomic E-state index is 12.8. The number of aromatic nitrogens is 2. The van der Waals surface area contributed by atoms with Crippen molar-refractivity contribution in [3.8, 4) is 0 Å². The van der Waals surface area contributed by atoms with Crippen LogP contribution in [0.3, 0.4) is 0 Å². The molecule has 0 bridgehead atoms. The zero-order chi connectivity index (χ0) is 21.5. The molecule has 1 aliphatic heterocycles. The van der Waals surface area contributed by atoms with Crippen LogP contribution in [-0.2, 0) is 9.59 Å². The van der Waals surface area contributed by atoms with Crippen LogP contribution in [0.25, 0.3) is 0 Å². The lowest BCUT2D eigenvalue weighted by Gasteiger charge is -2.31. The van der Waals surface area contributed by atoms with E-state index in [0.717, 1.165) is 23.4 Å². The van der Waals surface area contributed by atoms with Crippen LogP contribution >= 0.6 is 11.3 Å². The summed E-state index contributed by atoms with van der Waals surface area (Å²) in [6.07, 6.45) is 4.86. The maximum Gasteiger partial charge on any atom is 0.235 e. The second-order valence-corrected chi connectivity index (χ2v) is 8.46. The number of likely N-dealkylation sites (tertiary alicyclic amines) is 1. The molecule has 160 valence electrons. The molecule has 0 saturated carbocycles. The fourth-order valence-corrected chi connectivity index (χ4v) is 4.45. The Kier molecular flexibility index (Phi) is 7.01. The van der Waals surface area contributed by atoms with Crippen LogP contribution in [0.4, 0.5) is 5.82 Å². The van der Waals surface area contributed by atoms with Gasteiger partial charge in [0.25, 0.3) is 0 Å². The highest BCUT2D eigenvalue weighted by Crippen LogP contribution is 2.24. The highest BCUT2D eigenvalue weighted by atomic mass is 32.1. The van der Waals surface area contributed by atoms with Crippen molar-refractivity contribution < 1.29 is 9.59 Å². The van der Waals surface area contributed by atoms with Crippen LogP contribution in [0, 0.1) is 5.92 Å². The Morgan fingerprint density at radius 2 is 1.81 bits per heavy atom. The number of thiazole rings is 1. The van der Waals surface area contributed by atoms with Gasteiger partial charge in [-0.1, -0.05) is 36.4 Å². The zero-order valence-electron chi connectivity index (χ0n) is 17.1. The summed E-state index contributed by atoms with van der Waals surface area (Å²) < 4.78 is 0. The first-order valence-corrected chi connectivity index (χ1v) is 11.2. The quantitative estimate of drug-likeness (QED) is 0.596. The minimum absolute atomic E-state index is 0.00397. The molecule has 1 aliphatic rings. The van der Waals surface area contributed by atoms with Crippen molar-refractivity contribution in [1.29, 1.82) is 0 Å². The molecule has 2 aromatic heterocycles. The van der Waals surface area contributed by atoms with Gasteiger partial charge in [0, 0.05) is 23.7 Å². The SMILES string of the molecule is O=C(CN1CCC(C(=O)Nc2ccccn2)CC1)NC(c1ccccc1)c1nccs1. The van der Waals surface area contributed by atoms with Crippen molar-refractivity contribution in [2.45, 2.75) is 18.9 Å². The van der Waals surface area contributed by atoms with Gasteiger partial charge in [-0.05, 0) is 43.6 Å². The Balaban J connectivity index is 1.29. The molecule has 31 heavy (non-hydrogen) atoms. The van der Waals surface area contributed by atoms with Gasteiger partial charge in [-0.2, -0.15) is 0 Å². The third kappa shape index (κ3) is 5.74. The van der Waals surface area contributed by atoms with Gasteiger partial charge in [-0.3, -0.25) is 14.5 Å². The molecule has 1 aromatic carbocycles. The van der Waals surface area contributed by atoms with E-state index < -0.39 is 0 Å². The predicted molar refractivity (Wildman–Crippen MR) is 121 cm³/mol. The fourth-order valence-electron chi connectivity index (χ4n) is 3.74. The minimum atomic E-state index is -0.254. The maximum absolute atomic E-state index is 12.8. The van der Waals surface area contributed by atoms with Crippen LogP contribution in [0.5, 0.6) is 0 Å². The first-order chi connectivity index (χ1) is 15.2. The summed E-state index contributed by atoms with van der Waals surface area (Å²) in [5.74, 6) is 0.466. The molecule has 1 fully saturated rings. The fraction of sp³-hybridized carbons (Fsp3) is 0.304. The van der Waals surface area contributed by atoms with Gasteiger partial charge in [0.05, 0.1) is 6.54 Å². The number of nitrogens with zero attached hydrogens (tertiary/aromatic N) is 3. The molecular weight excluding hydrogens is 410 g/mol. The van der Waals surface area contributed by atoms with Crippen LogP contribution in [0.1, 0.15) is 29.5 Å². The molecular formula is C23H25N5O2S. The smallest absolute Gasteiger partial charge is 0.235 e. The van der Waals surface area contributed by atoms with Gasteiger partial charge in [-0.15, -0.1) is 11.3 Å². The Hall–Kier alpha value is -3.10. The number of carbonyl (C=O) groups excluding carboxylic acids is 2. The normalized spacial score (nSPS) is 15.9.